The van der Waals surface area contributed by atoms with Gasteiger partial charge in [0.15, 0.2) is 5.65 Å². The molecule has 7 heteroatoms. The van der Waals surface area contributed by atoms with Crippen LogP contribution in [-0.2, 0) is 6.42 Å². The van der Waals surface area contributed by atoms with E-state index in [0.717, 1.165) is 73.6 Å². The predicted molar refractivity (Wildman–Crippen MR) is 202 cm³/mol. The van der Waals surface area contributed by atoms with Gasteiger partial charge in [0.25, 0.3) is 0 Å². The first kappa shape index (κ1) is 31.2. The van der Waals surface area contributed by atoms with E-state index in [4.69, 9.17) is 21.3 Å². The summed E-state index contributed by atoms with van der Waals surface area (Å²) in [5.74, 6) is 1.88. The maximum Gasteiger partial charge on any atom is 0.159 e. The molecule has 0 radical (unpaired) electrons. The molecule has 7 aromatic rings. The standard InChI is InChI=1S/C34H32ClN3O.C8H6N2/c1-37-16-18-38(19-17-37)33-15-13-24(22-36-33)30-21-31-29(27-9-2-3-10-28(27)30)14-12-23-6-4-11-32(34(23)31)39-26-8-5-7-25(35)20-26;1-3-7-4-2-6-10-8(7)9-5-1/h2-3,5,7-10,12-15,20-22,32H,4,6,11,16-19H2,1H3;1-6H. The molecule has 1 atom stereocenters. The summed E-state index contributed by atoms with van der Waals surface area (Å²) in [7, 11) is 2.18. The van der Waals surface area contributed by atoms with Gasteiger partial charge in [0, 0.05) is 66.3 Å². The summed E-state index contributed by atoms with van der Waals surface area (Å²) < 4.78 is 6.61. The van der Waals surface area contributed by atoms with E-state index >= 15 is 0 Å². The van der Waals surface area contributed by atoms with Gasteiger partial charge in [-0.05, 0) is 120 Å². The molecule has 1 unspecified atom stereocenters. The summed E-state index contributed by atoms with van der Waals surface area (Å²) in [6.07, 6.45) is 8.71. The second kappa shape index (κ2) is 13.8. The number of halogens is 1. The molecule has 1 aliphatic heterocycles. The van der Waals surface area contributed by atoms with Crippen molar-refractivity contribution in [1.29, 1.82) is 0 Å². The topological polar surface area (TPSA) is 54.4 Å². The lowest BCUT2D eigenvalue weighted by atomic mass is 9.83. The molecular weight excluding hydrogens is 626 g/mol. The first-order valence-corrected chi connectivity index (χ1v) is 17.4. The first-order chi connectivity index (χ1) is 24.1. The van der Waals surface area contributed by atoms with Crippen LogP contribution >= 0.6 is 11.6 Å². The molecule has 0 N–H and O–H groups in total. The molecule has 0 spiro atoms. The third-order valence-corrected chi connectivity index (χ3v) is 9.98. The van der Waals surface area contributed by atoms with E-state index in [9.17, 15) is 0 Å². The maximum absolute atomic E-state index is 6.61. The number of pyridine rings is 3. The van der Waals surface area contributed by atoms with Crippen LogP contribution in [0.4, 0.5) is 5.82 Å². The fraction of sp³-hybridized carbons (Fsp3) is 0.214. The number of nitrogens with zero attached hydrogens (tertiary/aromatic N) is 5. The molecule has 1 fully saturated rings. The lowest BCUT2D eigenvalue weighted by Crippen LogP contribution is -2.44. The van der Waals surface area contributed by atoms with E-state index in [2.05, 4.69) is 87.6 Å². The van der Waals surface area contributed by atoms with Gasteiger partial charge < -0.3 is 14.5 Å². The van der Waals surface area contributed by atoms with Crippen molar-refractivity contribution in [3.63, 3.8) is 0 Å². The number of benzene rings is 4. The Balaban J connectivity index is 0.000000298. The van der Waals surface area contributed by atoms with Gasteiger partial charge in [0.1, 0.15) is 17.7 Å². The molecule has 9 rings (SSSR count). The average Bonchev–Trinajstić information content (AvgIpc) is 3.15. The Morgan fingerprint density at radius 1 is 0.714 bits per heavy atom. The Kier molecular flexibility index (Phi) is 8.82. The Morgan fingerprint density at radius 3 is 2.22 bits per heavy atom. The van der Waals surface area contributed by atoms with E-state index < -0.39 is 0 Å². The van der Waals surface area contributed by atoms with Crippen molar-refractivity contribution < 1.29 is 4.74 Å². The number of aromatic nitrogens is 3. The SMILES string of the molecule is CN1CCN(c2ccc(-c3cc4c5c(ccc4c4ccccc34)CCCC5Oc3cccc(Cl)c3)cn2)CC1.c1cnc2ncccc2c1. The van der Waals surface area contributed by atoms with E-state index in [1.54, 1.807) is 12.4 Å². The second-order valence-electron chi connectivity index (χ2n) is 12.9. The first-order valence-electron chi connectivity index (χ1n) is 17.1. The lowest BCUT2D eigenvalue weighted by molar-refractivity contribution is 0.185. The number of rotatable bonds is 4. The van der Waals surface area contributed by atoms with E-state index in [-0.39, 0.29) is 6.10 Å². The molecule has 1 saturated heterocycles. The van der Waals surface area contributed by atoms with Crippen LogP contribution in [0.3, 0.4) is 0 Å². The second-order valence-corrected chi connectivity index (χ2v) is 13.3. The Bertz CT molecular complexity index is 2180. The van der Waals surface area contributed by atoms with Crippen molar-refractivity contribution in [3.05, 3.63) is 138 Å². The number of hydrogen-bond acceptors (Lipinski definition) is 6. The molecule has 49 heavy (non-hydrogen) atoms. The summed E-state index contributed by atoms with van der Waals surface area (Å²) in [6, 6.07) is 35.7. The monoisotopic (exact) mass is 663 g/mol. The van der Waals surface area contributed by atoms with Gasteiger partial charge in [0.2, 0.25) is 0 Å². The predicted octanol–water partition coefficient (Wildman–Crippen LogP) is 9.55. The minimum Gasteiger partial charge on any atom is -0.486 e. The van der Waals surface area contributed by atoms with Gasteiger partial charge in [-0.2, -0.15) is 0 Å². The molecule has 4 aromatic carbocycles. The largest absolute Gasteiger partial charge is 0.486 e. The molecule has 3 aromatic heterocycles. The summed E-state index contributed by atoms with van der Waals surface area (Å²) in [6.45, 7) is 4.17. The minimum atomic E-state index is -0.0114. The molecule has 244 valence electrons. The van der Waals surface area contributed by atoms with Crippen molar-refractivity contribution in [1.82, 2.24) is 19.9 Å². The number of fused-ring (bicyclic) bond motifs is 6. The van der Waals surface area contributed by atoms with Crippen LogP contribution in [0.5, 0.6) is 5.75 Å². The van der Waals surface area contributed by atoms with Gasteiger partial charge in [-0.15, -0.1) is 0 Å². The number of piperazine rings is 1. The molecule has 2 aliphatic rings. The number of aryl methyl sites for hydroxylation is 1. The van der Waals surface area contributed by atoms with Crippen molar-refractivity contribution in [2.75, 3.05) is 38.1 Å². The van der Waals surface area contributed by atoms with Crippen molar-refractivity contribution in [2.45, 2.75) is 25.4 Å². The number of anilines is 1. The van der Waals surface area contributed by atoms with Gasteiger partial charge in [-0.3, -0.25) is 0 Å². The lowest BCUT2D eigenvalue weighted by Gasteiger charge is -2.33. The van der Waals surface area contributed by atoms with E-state index in [1.807, 2.05) is 48.5 Å². The van der Waals surface area contributed by atoms with Crippen LogP contribution in [-0.4, -0.2) is 53.1 Å². The molecular formula is C42H38ClN5O. The van der Waals surface area contributed by atoms with Gasteiger partial charge in [-0.25, -0.2) is 15.0 Å². The highest BCUT2D eigenvalue weighted by Gasteiger charge is 2.26. The van der Waals surface area contributed by atoms with Gasteiger partial charge >= 0.3 is 0 Å². The normalized spacial score (nSPS) is 16.3. The molecule has 0 saturated carbocycles. The molecule has 6 nitrogen and oxygen atoms in total. The third-order valence-electron chi connectivity index (χ3n) is 9.74. The van der Waals surface area contributed by atoms with Crippen LogP contribution in [0.1, 0.15) is 30.1 Å². The zero-order chi connectivity index (χ0) is 33.2. The van der Waals surface area contributed by atoms with Crippen LogP contribution < -0.4 is 9.64 Å². The number of likely N-dealkylation sites (N-methyl/N-ethyl adjacent to an activating group) is 1. The van der Waals surface area contributed by atoms with Crippen LogP contribution in [0, 0.1) is 0 Å². The van der Waals surface area contributed by atoms with Crippen molar-refractivity contribution >= 4 is 50.0 Å². The smallest absolute Gasteiger partial charge is 0.159 e. The molecule has 0 amide bonds. The van der Waals surface area contributed by atoms with Gasteiger partial charge in [-0.1, -0.05) is 54.1 Å². The maximum atomic E-state index is 6.61. The Labute approximate surface area is 292 Å². The van der Waals surface area contributed by atoms with Crippen molar-refractivity contribution in [3.8, 4) is 16.9 Å². The van der Waals surface area contributed by atoms with E-state index in [0.29, 0.717) is 5.02 Å². The fourth-order valence-corrected chi connectivity index (χ4v) is 7.38. The Morgan fingerprint density at radius 2 is 1.49 bits per heavy atom. The summed E-state index contributed by atoms with van der Waals surface area (Å²) in [5.41, 5.74) is 5.87. The van der Waals surface area contributed by atoms with Crippen LogP contribution in [0.25, 0.3) is 43.7 Å². The highest BCUT2D eigenvalue weighted by molar-refractivity contribution is 6.30. The zero-order valence-corrected chi connectivity index (χ0v) is 28.4. The molecule has 1 aliphatic carbocycles. The molecule has 4 heterocycles. The quantitative estimate of drug-likeness (QED) is 0.175. The summed E-state index contributed by atoms with van der Waals surface area (Å²) in [5, 5.41) is 6.85. The van der Waals surface area contributed by atoms with E-state index in [1.165, 1.54) is 38.2 Å². The summed E-state index contributed by atoms with van der Waals surface area (Å²) >= 11 is 6.29. The van der Waals surface area contributed by atoms with Crippen molar-refractivity contribution in [2.24, 2.45) is 0 Å². The highest BCUT2D eigenvalue weighted by atomic mass is 35.5. The number of ether oxygens (including phenoxy) is 1. The zero-order valence-electron chi connectivity index (χ0n) is 27.6. The summed E-state index contributed by atoms with van der Waals surface area (Å²) in [4.78, 5) is 17.8. The number of hydrogen-bond donors (Lipinski definition) is 0. The van der Waals surface area contributed by atoms with Crippen LogP contribution in [0.2, 0.25) is 5.02 Å². The minimum absolute atomic E-state index is 0.0114. The molecule has 0 bridgehead atoms. The van der Waals surface area contributed by atoms with Gasteiger partial charge in [0.05, 0.1) is 0 Å². The average molecular weight is 664 g/mol. The Hall–Kier alpha value is -5.04. The highest BCUT2D eigenvalue weighted by Crippen LogP contribution is 2.43. The van der Waals surface area contributed by atoms with Crippen LogP contribution in [0.15, 0.2) is 122 Å². The fourth-order valence-electron chi connectivity index (χ4n) is 7.20. The third kappa shape index (κ3) is 6.54.